The standard InChI is InChI=1S/C51H57N5O10/c1-36(57)54-43(28-53-56-52)47(62-31-40-22-12-5-13-23-40)48(44(59)34-60-29-38-18-8-3-9-19-38)66-51-46(55-37(2)58)50(64-33-42-26-16-7-17-27-42)49(63-32-41-24-14-6-15-25-41)45(65-51)35-61-30-39-20-10-4-11-21-39/h3-27,43,45-51H,28-35H2,1-2H3,(H,54,57)(H,55,58)/t43-,45+,46+,47+,48+,49+,50+,51-/m0/s1. The Bertz CT molecular complexity index is 2250. The summed E-state index contributed by atoms with van der Waals surface area (Å²) in [7, 11) is 0. The Labute approximate surface area is 385 Å². The summed E-state index contributed by atoms with van der Waals surface area (Å²) in [5.74, 6) is -1.48. The fraction of sp³-hybridized carbons (Fsp3) is 0.353. The number of nitrogens with zero attached hydrogens (tertiary/aromatic N) is 3. The largest absolute Gasteiger partial charge is 0.374 e. The molecule has 8 atom stereocenters. The third-order valence-electron chi connectivity index (χ3n) is 10.6. The summed E-state index contributed by atoms with van der Waals surface area (Å²) in [5.41, 5.74) is 13.7. The highest BCUT2D eigenvalue weighted by molar-refractivity contribution is 5.85. The van der Waals surface area contributed by atoms with E-state index >= 15 is 0 Å². The van der Waals surface area contributed by atoms with E-state index in [1.807, 2.05) is 152 Å². The van der Waals surface area contributed by atoms with Crippen molar-refractivity contribution in [3.8, 4) is 0 Å². The van der Waals surface area contributed by atoms with Crippen LogP contribution in [0.25, 0.3) is 10.4 Å². The van der Waals surface area contributed by atoms with E-state index in [1.54, 1.807) is 0 Å². The molecule has 0 aromatic heterocycles. The molecule has 0 spiro atoms. The smallest absolute Gasteiger partial charge is 0.217 e. The van der Waals surface area contributed by atoms with Gasteiger partial charge in [0.25, 0.3) is 0 Å². The van der Waals surface area contributed by atoms with Crippen LogP contribution in [-0.4, -0.2) is 86.2 Å². The second-order valence-electron chi connectivity index (χ2n) is 15.8. The monoisotopic (exact) mass is 899 g/mol. The predicted octanol–water partition coefficient (Wildman–Crippen LogP) is 7.18. The fourth-order valence-corrected chi connectivity index (χ4v) is 7.55. The molecule has 0 saturated carbocycles. The number of benzene rings is 5. The van der Waals surface area contributed by atoms with E-state index in [0.29, 0.717) is 0 Å². The number of ketones is 1. The van der Waals surface area contributed by atoms with Crippen LogP contribution in [0.4, 0.5) is 0 Å². The molecule has 0 bridgehead atoms. The fourth-order valence-electron chi connectivity index (χ4n) is 7.55. The van der Waals surface area contributed by atoms with E-state index in [0.717, 1.165) is 27.8 Å². The van der Waals surface area contributed by atoms with Gasteiger partial charge < -0.3 is 43.8 Å². The molecule has 5 aromatic rings. The van der Waals surface area contributed by atoms with E-state index < -0.39 is 73.1 Å². The Morgan fingerprint density at radius 2 is 1.11 bits per heavy atom. The number of Topliss-reactive ketones (excluding diaryl/α,β-unsaturated/α-hetero) is 1. The van der Waals surface area contributed by atoms with E-state index in [2.05, 4.69) is 20.7 Å². The van der Waals surface area contributed by atoms with Crippen LogP contribution in [0.15, 0.2) is 157 Å². The van der Waals surface area contributed by atoms with Gasteiger partial charge in [0, 0.05) is 25.3 Å². The van der Waals surface area contributed by atoms with E-state index in [9.17, 15) is 19.9 Å². The van der Waals surface area contributed by atoms with Crippen molar-refractivity contribution < 1.29 is 47.5 Å². The number of hydrogen-bond acceptors (Lipinski definition) is 11. The lowest BCUT2D eigenvalue weighted by molar-refractivity contribution is -0.304. The maximum absolute atomic E-state index is 14.8. The highest BCUT2D eigenvalue weighted by Crippen LogP contribution is 2.31. The van der Waals surface area contributed by atoms with Gasteiger partial charge in [0.15, 0.2) is 12.1 Å². The first-order valence-corrected chi connectivity index (χ1v) is 21.9. The molecule has 346 valence electrons. The molecule has 66 heavy (non-hydrogen) atoms. The zero-order valence-electron chi connectivity index (χ0n) is 37.1. The number of carbonyl (C=O) groups is 3. The van der Waals surface area contributed by atoms with Crippen molar-refractivity contribution in [3.63, 3.8) is 0 Å². The Morgan fingerprint density at radius 3 is 1.59 bits per heavy atom. The van der Waals surface area contributed by atoms with Crippen LogP contribution in [0.1, 0.15) is 41.7 Å². The van der Waals surface area contributed by atoms with Crippen molar-refractivity contribution in [1.82, 2.24) is 10.6 Å². The maximum Gasteiger partial charge on any atom is 0.217 e. The second kappa shape index (κ2) is 26.6. The predicted molar refractivity (Wildman–Crippen MR) is 245 cm³/mol. The number of hydrogen-bond donors (Lipinski definition) is 2. The molecule has 15 heteroatoms. The van der Waals surface area contributed by atoms with Gasteiger partial charge in [0.05, 0.1) is 45.7 Å². The number of nitrogens with one attached hydrogen (secondary N) is 2. The van der Waals surface area contributed by atoms with Gasteiger partial charge in [0.2, 0.25) is 11.8 Å². The van der Waals surface area contributed by atoms with Crippen molar-refractivity contribution in [2.45, 2.75) is 95.8 Å². The molecular formula is C51H57N5O10. The minimum absolute atomic E-state index is 0.00959. The van der Waals surface area contributed by atoms with Gasteiger partial charge in [-0.05, 0) is 33.3 Å². The highest BCUT2D eigenvalue weighted by atomic mass is 16.7. The van der Waals surface area contributed by atoms with Gasteiger partial charge >= 0.3 is 0 Å². The molecule has 15 nitrogen and oxygen atoms in total. The zero-order chi connectivity index (χ0) is 46.4. The van der Waals surface area contributed by atoms with Crippen molar-refractivity contribution >= 4 is 17.6 Å². The number of carbonyl (C=O) groups excluding carboxylic acids is 3. The van der Waals surface area contributed by atoms with E-state index in [4.69, 9.17) is 33.2 Å². The molecule has 0 aliphatic carbocycles. The molecule has 1 aliphatic rings. The second-order valence-corrected chi connectivity index (χ2v) is 15.8. The Morgan fingerprint density at radius 1 is 0.636 bits per heavy atom. The minimum atomic E-state index is -1.56. The van der Waals surface area contributed by atoms with Crippen molar-refractivity contribution in [2.24, 2.45) is 5.11 Å². The number of ether oxygens (including phenoxy) is 7. The molecule has 1 heterocycles. The van der Waals surface area contributed by atoms with Crippen LogP contribution in [0, 0.1) is 0 Å². The Kier molecular flexibility index (Phi) is 19.9. The maximum atomic E-state index is 14.8. The summed E-state index contributed by atoms with van der Waals surface area (Å²) in [6.45, 7) is 2.52. The van der Waals surface area contributed by atoms with Gasteiger partial charge in [-0.2, -0.15) is 0 Å². The molecule has 0 unspecified atom stereocenters. The molecule has 1 aliphatic heterocycles. The van der Waals surface area contributed by atoms with E-state index in [-0.39, 0.29) is 46.2 Å². The number of amides is 2. The van der Waals surface area contributed by atoms with Crippen LogP contribution in [0.5, 0.6) is 0 Å². The average Bonchev–Trinajstić information content (AvgIpc) is 3.33. The normalized spacial score (nSPS) is 19.4. The summed E-state index contributed by atoms with van der Waals surface area (Å²) in [6.07, 6.45) is -6.97. The lowest BCUT2D eigenvalue weighted by atomic mass is 9.95. The first-order chi connectivity index (χ1) is 32.3. The van der Waals surface area contributed by atoms with Crippen molar-refractivity contribution in [3.05, 3.63) is 190 Å². The molecule has 1 saturated heterocycles. The van der Waals surface area contributed by atoms with Crippen LogP contribution in [-0.2, 0) is 80.6 Å². The van der Waals surface area contributed by atoms with Crippen molar-refractivity contribution in [2.75, 3.05) is 19.8 Å². The third-order valence-corrected chi connectivity index (χ3v) is 10.6. The van der Waals surface area contributed by atoms with Crippen LogP contribution in [0.2, 0.25) is 0 Å². The van der Waals surface area contributed by atoms with Gasteiger partial charge in [-0.3, -0.25) is 14.4 Å². The quantitative estimate of drug-likeness (QED) is 0.0327. The Hall–Kier alpha value is -6.26. The first kappa shape index (κ1) is 49.2. The summed E-state index contributed by atoms with van der Waals surface area (Å²) in [4.78, 5) is 43.8. The molecule has 2 N–H and O–H groups in total. The van der Waals surface area contributed by atoms with Gasteiger partial charge in [0.1, 0.15) is 43.2 Å². The van der Waals surface area contributed by atoms with Crippen molar-refractivity contribution in [1.29, 1.82) is 0 Å². The summed E-state index contributed by atoms with van der Waals surface area (Å²) < 4.78 is 46.1. The van der Waals surface area contributed by atoms with Gasteiger partial charge in [-0.15, -0.1) is 0 Å². The lowest BCUT2D eigenvalue weighted by Gasteiger charge is -2.47. The summed E-state index contributed by atoms with van der Waals surface area (Å²) >= 11 is 0. The third kappa shape index (κ3) is 15.7. The molecule has 2 amide bonds. The number of rotatable bonds is 26. The van der Waals surface area contributed by atoms with Gasteiger partial charge in [-0.1, -0.05) is 157 Å². The summed E-state index contributed by atoms with van der Waals surface area (Å²) in [5, 5.41) is 9.59. The average molecular weight is 900 g/mol. The first-order valence-electron chi connectivity index (χ1n) is 21.9. The minimum Gasteiger partial charge on any atom is -0.374 e. The molecular weight excluding hydrogens is 843 g/mol. The van der Waals surface area contributed by atoms with E-state index in [1.165, 1.54) is 13.8 Å². The SMILES string of the molecule is CC(=O)N[C@H]1[C@H](O[C@H](C(=O)COCc2ccccc2)[C@H](OCc2ccccc2)[C@H](CN=[N+]=[N-])NC(C)=O)O[C@H](COCc2ccccc2)[C@@H](OCc2ccccc2)[C@@H]1OCc1ccccc1. The summed E-state index contributed by atoms with van der Waals surface area (Å²) in [6, 6.07) is 45.2. The molecule has 1 fully saturated rings. The lowest BCUT2D eigenvalue weighted by Crippen LogP contribution is -2.67. The topological polar surface area (TPSA) is 189 Å². The molecule has 6 rings (SSSR count). The molecule has 5 aromatic carbocycles. The van der Waals surface area contributed by atoms with Crippen LogP contribution in [0.3, 0.4) is 0 Å². The molecule has 0 radical (unpaired) electrons. The van der Waals surface area contributed by atoms with Crippen LogP contribution < -0.4 is 10.6 Å². The zero-order valence-corrected chi connectivity index (χ0v) is 37.1. The Balaban J connectivity index is 1.41. The van der Waals surface area contributed by atoms with Crippen LogP contribution >= 0.6 is 0 Å². The highest BCUT2D eigenvalue weighted by Gasteiger charge is 2.51. The van der Waals surface area contributed by atoms with Gasteiger partial charge in [-0.25, -0.2) is 0 Å². The number of azide groups is 1.